The van der Waals surface area contributed by atoms with Crippen LogP contribution in [0.3, 0.4) is 0 Å². The molecule has 0 saturated carbocycles. The minimum atomic E-state index is -0.926. The smallest absolute Gasteiger partial charge is 0.407 e. The van der Waals surface area contributed by atoms with Crippen molar-refractivity contribution in [2.45, 2.75) is 18.9 Å². The summed E-state index contributed by atoms with van der Waals surface area (Å²) in [7, 11) is 0. The highest BCUT2D eigenvalue weighted by Gasteiger charge is 2.24. The molecule has 1 aliphatic heterocycles. The van der Waals surface area contributed by atoms with Crippen molar-refractivity contribution in [1.82, 2.24) is 14.7 Å². The molecule has 0 unspecified atom stereocenters. The van der Waals surface area contributed by atoms with Crippen LogP contribution in [0.4, 0.5) is 10.5 Å². The molecule has 2 heterocycles. The number of carbonyl (C=O) groups is 1. The van der Waals surface area contributed by atoms with E-state index in [1.807, 2.05) is 0 Å². The first kappa shape index (κ1) is 14.1. The maximum absolute atomic E-state index is 10.9. The van der Waals surface area contributed by atoms with Gasteiger partial charge in [-0.2, -0.15) is 5.10 Å². The van der Waals surface area contributed by atoms with Crippen LogP contribution >= 0.6 is 0 Å². The van der Waals surface area contributed by atoms with Gasteiger partial charge in [0.1, 0.15) is 0 Å². The lowest BCUT2D eigenvalue weighted by Gasteiger charge is -2.29. The molecule has 0 radical (unpaired) electrons. The number of phenolic OH excluding ortho intramolecular Hbond substituents is 1. The SMILES string of the molecule is O=C(O)N1CCC(n2cc3cc([N+](=O)[O-])c(O)cc3n2)CC1. The van der Waals surface area contributed by atoms with Crippen molar-refractivity contribution in [2.24, 2.45) is 0 Å². The van der Waals surface area contributed by atoms with Crippen LogP contribution in [0, 0.1) is 10.1 Å². The van der Waals surface area contributed by atoms with Gasteiger partial charge in [-0.15, -0.1) is 0 Å². The minimum absolute atomic E-state index is 0.0456. The van der Waals surface area contributed by atoms with Crippen molar-refractivity contribution < 1.29 is 19.9 Å². The molecule has 1 aromatic carbocycles. The zero-order valence-corrected chi connectivity index (χ0v) is 11.5. The Bertz CT molecular complexity index is 748. The maximum Gasteiger partial charge on any atom is 0.407 e. The van der Waals surface area contributed by atoms with E-state index in [2.05, 4.69) is 5.10 Å². The van der Waals surface area contributed by atoms with E-state index in [0.29, 0.717) is 36.8 Å². The number of benzene rings is 1. The first-order valence-electron chi connectivity index (χ1n) is 6.80. The number of aromatic nitrogens is 2. The predicted octanol–water partition coefficient (Wildman–Crippen LogP) is 1.96. The van der Waals surface area contributed by atoms with E-state index in [0.717, 1.165) is 0 Å². The van der Waals surface area contributed by atoms with E-state index >= 15 is 0 Å². The van der Waals surface area contributed by atoms with E-state index in [9.17, 15) is 20.0 Å². The Balaban J connectivity index is 1.87. The highest BCUT2D eigenvalue weighted by atomic mass is 16.6. The van der Waals surface area contributed by atoms with Gasteiger partial charge < -0.3 is 15.1 Å². The van der Waals surface area contributed by atoms with Gasteiger partial charge in [-0.25, -0.2) is 4.79 Å². The Morgan fingerprint density at radius 3 is 2.64 bits per heavy atom. The molecule has 0 aliphatic carbocycles. The lowest BCUT2D eigenvalue weighted by atomic mass is 10.1. The van der Waals surface area contributed by atoms with E-state index in [-0.39, 0.29) is 11.7 Å². The first-order valence-corrected chi connectivity index (χ1v) is 6.80. The highest BCUT2D eigenvalue weighted by molar-refractivity contribution is 5.83. The first-order chi connectivity index (χ1) is 10.5. The fourth-order valence-electron chi connectivity index (χ4n) is 2.72. The van der Waals surface area contributed by atoms with Crippen LogP contribution in [0.5, 0.6) is 5.75 Å². The summed E-state index contributed by atoms with van der Waals surface area (Å²) < 4.78 is 1.70. The molecular formula is C13H14N4O5. The normalized spacial score (nSPS) is 16.1. The summed E-state index contributed by atoms with van der Waals surface area (Å²) >= 11 is 0. The number of hydrogen-bond acceptors (Lipinski definition) is 5. The molecule has 0 spiro atoms. The minimum Gasteiger partial charge on any atom is -0.502 e. The van der Waals surface area contributed by atoms with E-state index in [4.69, 9.17) is 5.11 Å². The van der Waals surface area contributed by atoms with Crippen molar-refractivity contribution in [3.05, 3.63) is 28.4 Å². The Morgan fingerprint density at radius 2 is 2.05 bits per heavy atom. The number of likely N-dealkylation sites (tertiary alicyclic amines) is 1. The number of nitro benzene ring substituents is 1. The molecule has 22 heavy (non-hydrogen) atoms. The van der Waals surface area contributed by atoms with Gasteiger partial charge in [0, 0.05) is 36.8 Å². The van der Waals surface area contributed by atoms with Gasteiger partial charge >= 0.3 is 11.8 Å². The van der Waals surface area contributed by atoms with Gasteiger partial charge in [-0.3, -0.25) is 14.8 Å². The number of nitro groups is 1. The third-order valence-corrected chi connectivity index (χ3v) is 3.92. The van der Waals surface area contributed by atoms with Crippen LogP contribution in [-0.2, 0) is 0 Å². The molecule has 2 N–H and O–H groups in total. The quantitative estimate of drug-likeness (QED) is 0.646. The molecule has 116 valence electrons. The van der Waals surface area contributed by atoms with Crippen LogP contribution < -0.4 is 0 Å². The lowest BCUT2D eigenvalue weighted by Crippen LogP contribution is -2.38. The average Bonchev–Trinajstić information content (AvgIpc) is 2.89. The fraction of sp³-hybridized carbons (Fsp3) is 0.385. The molecule has 1 amide bonds. The molecular weight excluding hydrogens is 292 g/mol. The molecule has 3 rings (SSSR count). The molecule has 9 nitrogen and oxygen atoms in total. The summed E-state index contributed by atoms with van der Waals surface area (Å²) in [5.74, 6) is -0.413. The Kier molecular flexibility index (Phi) is 3.32. The standard InChI is InChI=1S/C13H14N4O5/c18-12-6-10-8(5-11(12)17(21)22)7-16(14-10)9-1-3-15(4-2-9)13(19)20/h5-7,9,18H,1-4H2,(H,19,20). The Hall–Kier alpha value is -2.84. The Labute approximate surface area is 124 Å². The van der Waals surface area contributed by atoms with Crippen LogP contribution in [0.15, 0.2) is 18.3 Å². The zero-order valence-electron chi connectivity index (χ0n) is 11.5. The third kappa shape index (κ3) is 2.41. The second-order valence-electron chi connectivity index (χ2n) is 5.27. The third-order valence-electron chi connectivity index (χ3n) is 3.92. The van der Waals surface area contributed by atoms with Crippen LogP contribution in [0.1, 0.15) is 18.9 Å². The summed E-state index contributed by atoms with van der Waals surface area (Å²) in [4.78, 5) is 22.4. The number of amides is 1. The number of nitrogens with zero attached hydrogens (tertiary/aromatic N) is 4. The topological polar surface area (TPSA) is 122 Å². The van der Waals surface area contributed by atoms with E-state index < -0.39 is 16.8 Å². The summed E-state index contributed by atoms with van der Waals surface area (Å²) in [6.07, 6.45) is 2.04. The van der Waals surface area contributed by atoms with Crippen molar-refractivity contribution in [1.29, 1.82) is 0 Å². The number of phenols is 1. The lowest BCUT2D eigenvalue weighted by molar-refractivity contribution is -0.385. The molecule has 2 aromatic rings. The van der Waals surface area contributed by atoms with Crippen molar-refractivity contribution in [3.63, 3.8) is 0 Å². The molecule has 1 aliphatic rings. The number of carboxylic acid groups (broad SMARTS) is 1. The van der Waals surface area contributed by atoms with Gasteiger partial charge in [0.05, 0.1) is 16.5 Å². The predicted molar refractivity (Wildman–Crippen MR) is 75.9 cm³/mol. The summed E-state index contributed by atoms with van der Waals surface area (Å²) in [6.45, 7) is 0.864. The van der Waals surface area contributed by atoms with Crippen LogP contribution in [-0.4, -0.2) is 49.0 Å². The van der Waals surface area contributed by atoms with Gasteiger partial charge in [-0.05, 0) is 12.8 Å². The monoisotopic (exact) mass is 306 g/mol. The van der Waals surface area contributed by atoms with E-state index in [1.165, 1.54) is 17.0 Å². The molecule has 1 saturated heterocycles. The molecule has 0 atom stereocenters. The summed E-state index contributed by atoms with van der Waals surface area (Å²) in [5, 5.41) is 34.3. The van der Waals surface area contributed by atoms with Crippen molar-refractivity contribution >= 4 is 22.7 Å². The van der Waals surface area contributed by atoms with Gasteiger partial charge in [0.15, 0.2) is 5.75 Å². The molecule has 0 bridgehead atoms. The summed E-state index contributed by atoms with van der Waals surface area (Å²) in [5.41, 5.74) is 0.122. The molecule has 9 heteroatoms. The molecule has 1 fully saturated rings. The number of aromatic hydroxyl groups is 1. The van der Waals surface area contributed by atoms with Gasteiger partial charge in [0.25, 0.3) is 0 Å². The Morgan fingerprint density at radius 1 is 1.36 bits per heavy atom. The number of rotatable bonds is 2. The van der Waals surface area contributed by atoms with Gasteiger partial charge in [0.2, 0.25) is 0 Å². The largest absolute Gasteiger partial charge is 0.502 e. The van der Waals surface area contributed by atoms with Gasteiger partial charge in [-0.1, -0.05) is 0 Å². The van der Waals surface area contributed by atoms with Crippen molar-refractivity contribution in [2.75, 3.05) is 13.1 Å². The number of hydrogen-bond donors (Lipinski definition) is 2. The van der Waals surface area contributed by atoms with E-state index in [1.54, 1.807) is 10.9 Å². The van der Waals surface area contributed by atoms with Crippen LogP contribution in [0.2, 0.25) is 0 Å². The highest BCUT2D eigenvalue weighted by Crippen LogP contribution is 2.32. The number of piperidine rings is 1. The molecule has 1 aromatic heterocycles. The second kappa shape index (κ2) is 5.17. The average molecular weight is 306 g/mol. The van der Waals surface area contributed by atoms with Crippen LogP contribution in [0.25, 0.3) is 10.9 Å². The zero-order chi connectivity index (χ0) is 15.9. The van der Waals surface area contributed by atoms with Crippen molar-refractivity contribution in [3.8, 4) is 5.75 Å². The summed E-state index contributed by atoms with van der Waals surface area (Å²) in [6, 6.07) is 2.61. The second-order valence-corrected chi connectivity index (χ2v) is 5.27. The maximum atomic E-state index is 10.9. The number of fused-ring (bicyclic) bond motifs is 1. The fourth-order valence-corrected chi connectivity index (χ4v) is 2.72.